The van der Waals surface area contributed by atoms with Gasteiger partial charge in [0.15, 0.2) is 0 Å². The molecule has 1 aromatic carbocycles. The molecule has 1 amide bonds. The number of nitrogens with one attached hydrogen (secondary N) is 1. The highest BCUT2D eigenvalue weighted by molar-refractivity contribution is 5.97. The average molecular weight is 272 g/mol. The van der Waals surface area contributed by atoms with Crippen molar-refractivity contribution in [3.05, 3.63) is 30.0 Å². The summed E-state index contributed by atoms with van der Waals surface area (Å²) < 4.78 is 0. The van der Waals surface area contributed by atoms with Gasteiger partial charge < -0.3 is 10.6 Å². The fourth-order valence-electron chi connectivity index (χ4n) is 2.88. The van der Waals surface area contributed by atoms with Crippen LogP contribution in [-0.4, -0.2) is 40.1 Å². The Hall–Kier alpha value is -1.88. The van der Waals surface area contributed by atoms with Crippen LogP contribution in [0.5, 0.6) is 0 Å². The van der Waals surface area contributed by atoms with Gasteiger partial charge in [0.2, 0.25) is 0 Å². The van der Waals surface area contributed by atoms with E-state index >= 15 is 0 Å². The quantitative estimate of drug-likeness (QED) is 0.874. The van der Waals surface area contributed by atoms with Gasteiger partial charge >= 0.3 is 0 Å². The van der Waals surface area contributed by atoms with Crippen LogP contribution in [0.3, 0.4) is 0 Å². The molecule has 0 saturated carbocycles. The van der Waals surface area contributed by atoms with Gasteiger partial charge in [-0.15, -0.1) is 0 Å². The standard InChI is InChI=1S/C15H20N4O/c1-10(16)12-3-2-6-19(9-12)15(20)11-4-5-14-13(7-11)8-17-18-14/h4-5,7-8,10,12H,2-3,6,9,16H2,1H3,(H,17,18)/t10-,12+/m0/s1. The van der Waals surface area contributed by atoms with Crippen LogP contribution in [-0.2, 0) is 0 Å². The molecule has 106 valence electrons. The summed E-state index contributed by atoms with van der Waals surface area (Å²) in [5.41, 5.74) is 7.66. The van der Waals surface area contributed by atoms with Crippen molar-refractivity contribution in [1.82, 2.24) is 15.1 Å². The van der Waals surface area contributed by atoms with Crippen molar-refractivity contribution < 1.29 is 4.79 Å². The molecule has 1 aromatic heterocycles. The van der Waals surface area contributed by atoms with Gasteiger partial charge in [-0.3, -0.25) is 9.89 Å². The molecule has 5 nitrogen and oxygen atoms in total. The molecule has 0 bridgehead atoms. The van der Waals surface area contributed by atoms with Crippen LogP contribution in [0.15, 0.2) is 24.4 Å². The van der Waals surface area contributed by atoms with Crippen molar-refractivity contribution in [2.75, 3.05) is 13.1 Å². The van der Waals surface area contributed by atoms with Gasteiger partial charge in [0.1, 0.15) is 0 Å². The molecule has 2 atom stereocenters. The van der Waals surface area contributed by atoms with E-state index in [1.54, 1.807) is 6.20 Å². The van der Waals surface area contributed by atoms with Crippen LogP contribution in [0.4, 0.5) is 0 Å². The third-order valence-corrected chi connectivity index (χ3v) is 4.18. The van der Waals surface area contributed by atoms with Crippen molar-refractivity contribution in [3.8, 4) is 0 Å². The number of aromatic nitrogens is 2. The Morgan fingerprint density at radius 3 is 3.20 bits per heavy atom. The molecule has 0 radical (unpaired) electrons. The summed E-state index contributed by atoms with van der Waals surface area (Å²) in [6.45, 7) is 3.61. The molecule has 0 spiro atoms. The molecule has 1 aliphatic rings. The van der Waals surface area contributed by atoms with Crippen molar-refractivity contribution >= 4 is 16.8 Å². The maximum Gasteiger partial charge on any atom is 0.253 e. The molecule has 2 heterocycles. The number of carbonyl (C=O) groups excluding carboxylic acids is 1. The molecule has 3 N–H and O–H groups in total. The van der Waals surface area contributed by atoms with Gasteiger partial charge in [-0.05, 0) is 43.9 Å². The number of benzene rings is 1. The number of aromatic amines is 1. The van der Waals surface area contributed by atoms with Gasteiger partial charge in [-0.2, -0.15) is 5.10 Å². The number of piperidine rings is 1. The number of hydrogen-bond donors (Lipinski definition) is 2. The van der Waals surface area contributed by atoms with E-state index in [4.69, 9.17) is 5.73 Å². The monoisotopic (exact) mass is 272 g/mol. The summed E-state index contributed by atoms with van der Waals surface area (Å²) in [7, 11) is 0. The number of hydrogen-bond acceptors (Lipinski definition) is 3. The summed E-state index contributed by atoms with van der Waals surface area (Å²) in [5.74, 6) is 0.504. The van der Waals surface area contributed by atoms with Crippen LogP contribution in [0.2, 0.25) is 0 Å². The molecular formula is C15H20N4O. The van der Waals surface area contributed by atoms with E-state index in [0.717, 1.165) is 42.4 Å². The molecule has 0 aliphatic carbocycles. The summed E-state index contributed by atoms with van der Waals surface area (Å²) in [4.78, 5) is 14.5. The lowest BCUT2D eigenvalue weighted by Gasteiger charge is -2.34. The number of fused-ring (bicyclic) bond motifs is 1. The maximum atomic E-state index is 12.6. The molecule has 20 heavy (non-hydrogen) atoms. The lowest BCUT2D eigenvalue weighted by molar-refractivity contribution is 0.0661. The second-order valence-electron chi connectivity index (χ2n) is 5.68. The Morgan fingerprint density at radius 1 is 1.55 bits per heavy atom. The topological polar surface area (TPSA) is 75.0 Å². The first-order chi connectivity index (χ1) is 9.65. The maximum absolute atomic E-state index is 12.6. The normalized spacial score (nSPS) is 21.1. The number of nitrogens with two attached hydrogens (primary N) is 1. The zero-order valence-corrected chi connectivity index (χ0v) is 11.7. The molecular weight excluding hydrogens is 252 g/mol. The lowest BCUT2D eigenvalue weighted by Crippen LogP contribution is -2.45. The minimum atomic E-state index is 0.0958. The summed E-state index contributed by atoms with van der Waals surface area (Å²) >= 11 is 0. The molecule has 3 rings (SSSR count). The zero-order chi connectivity index (χ0) is 14.1. The predicted octanol–water partition coefficient (Wildman–Crippen LogP) is 1.76. The van der Waals surface area contributed by atoms with E-state index in [1.807, 2.05) is 30.0 Å². The molecule has 2 aromatic rings. The number of amides is 1. The third kappa shape index (κ3) is 2.41. The van der Waals surface area contributed by atoms with Crippen LogP contribution >= 0.6 is 0 Å². The smallest absolute Gasteiger partial charge is 0.253 e. The van der Waals surface area contributed by atoms with Crippen LogP contribution in [0.1, 0.15) is 30.1 Å². The Morgan fingerprint density at radius 2 is 2.40 bits per heavy atom. The fourth-order valence-corrected chi connectivity index (χ4v) is 2.88. The highest BCUT2D eigenvalue weighted by Crippen LogP contribution is 2.21. The highest BCUT2D eigenvalue weighted by atomic mass is 16.2. The Kier molecular flexibility index (Phi) is 3.44. The fraction of sp³-hybridized carbons (Fsp3) is 0.467. The second kappa shape index (κ2) is 5.25. The number of H-pyrrole nitrogens is 1. The Bertz CT molecular complexity index is 619. The number of likely N-dealkylation sites (tertiary alicyclic amines) is 1. The number of nitrogens with zero attached hydrogens (tertiary/aromatic N) is 2. The van der Waals surface area contributed by atoms with E-state index < -0.39 is 0 Å². The Balaban J connectivity index is 1.80. The first kappa shape index (κ1) is 13.1. The van der Waals surface area contributed by atoms with E-state index in [9.17, 15) is 4.79 Å². The minimum absolute atomic E-state index is 0.0958. The molecule has 5 heteroatoms. The molecule has 1 fully saturated rings. The van der Waals surface area contributed by atoms with Crippen molar-refractivity contribution in [2.24, 2.45) is 11.7 Å². The third-order valence-electron chi connectivity index (χ3n) is 4.18. The summed E-state index contributed by atoms with van der Waals surface area (Å²) in [6, 6.07) is 5.80. The van der Waals surface area contributed by atoms with Gasteiger partial charge in [-0.25, -0.2) is 0 Å². The van der Waals surface area contributed by atoms with E-state index in [2.05, 4.69) is 10.2 Å². The Labute approximate surface area is 118 Å². The zero-order valence-electron chi connectivity index (χ0n) is 11.7. The van der Waals surface area contributed by atoms with Gasteiger partial charge in [-0.1, -0.05) is 0 Å². The first-order valence-electron chi connectivity index (χ1n) is 7.13. The van der Waals surface area contributed by atoms with Crippen LogP contribution < -0.4 is 5.73 Å². The van der Waals surface area contributed by atoms with Crippen molar-refractivity contribution in [1.29, 1.82) is 0 Å². The SMILES string of the molecule is C[C@H](N)[C@@H]1CCCN(C(=O)c2ccc3[nH]ncc3c2)C1. The van der Waals surface area contributed by atoms with E-state index in [0.29, 0.717) is 5.92 Å². The largest absolute Gasteiger partial charge is 0.338 e. The molecule has 1 saturated heterocycles. The van der Waals surface area contributed by atoms with Crippen molar-refractivity contribution in [2.45, 2.75) is 25.8 Å². The lowest BCUT2D eigenvalue weighted by atomic mass is 9.92. The second-order valence-corrected chi connectivity index (χ2v) is 5.68. The van der Waals surface area contributed by atoms with Gasteiger partial charge in [0, 0.05) is 30.1 Å². The number of carbonyl (C=O) groups is 1. The van der Waals surface area contributed by atoms with E-state index in [-0.39, 0.29) is 11.9 Å². The average Bonchev–Trinajstić information content (AvgIpc) is 2.94. The summed E-state index contributed by atoms with van der Waals surface area (Å²) in [6.07, 6.45) is 3.89. The van der Waals surface area contributed by atoms with Gasteiger partial charge in [0.05, 0.1) is 11.7 Å². The van der Waals surface area contributed by atoms with Crippen LogP contribution in [0.25, 0.3) is 10.9 Å². The predicted molar refractivity (Wildman–Crippen MR) is 78.4 cm³/mol. The van der Waals surface area contributed by atoms with Gasteiger partial charge in [0.25, 0.3) is 5.91 Å². The molecule has 1 aliphatic heterocycles. The minimum Gasteiger partial charge on any atom is -0.338 e. The summed E-state index contributed by atoms with van der Waals surface area (Å²) in [5, 5.41) is 7.85. The number of rotatable bonds is 2. The van der Waals surface area contributed by atoms with E-state index in [1.165, 1.54) is 0 Å². The highest BCUT2D eigenvalue weighted by Gasteiger charge is 2.26. The molecule has 0 unspecified atom stereocenters. The van der Waals surface area contributed by atoms with Crippen molar-refractivity contribution in [3.63, 3.8) is 0 Å². The van der Waals surface area contributed by atoms with Crippen LogP contribution in [0, 0.1) is 5.92 Å². The first-order valence-corrected chi connectivity index (χ1v) is 7.13.